The molecule has 116 valence electrons. The average molecular weight is 305 g/mol. The molecule has 1 atom stereocenters. The molecule has 0 heterocycles. The summed E-state index contributed by atoms with van der Waals surface area (Å²) in [5.74, 6) is -2.20. The van der Waals surface area contributed by atoms with E-state index in [0.717, 1.165) is 12.1 Å². The van der Waals surface area contributed by atoms with E-state index in [1.807, 2.05) is 0 Å². The summed E-state index contributed by atoms with van der Waals surface area (Å²) in [5, 5.41) is 40.3. The molecule has 22 heavy (non-hydrogen) atoms. The van der Waals surface area contributed by atoms with E-state index < -0.39 is 23.6 Å². The van der Waals surface area contributed by atoms with Crippen LogP contribution in [-0.2, 0) is 4.74 Å². The Labute approximate surface area is 126 Å². The highest BCUT2D eigenvalue weighted by Gasteiger charge is 2.21. The maximum Gasteiger partial charge on any atom is 0.261 e. The number of benzene rings is 2. The van der Waals surface area contributed by atoms with Crippen LogP contribution in [0.4, 0.5) is 0 Å². The Morgan fingerprint density at radius 3 is 2.05 bits per heavy atom. The number of nitrogens with one attached hydrogen (secondary N) is 1. The van der Waals surface area contributed by atoms with Gasteiger partial charge < -0.3 is 30.5 Å². The fourth-order valence-corrected chi connectivity index (χ4v) is 1.95. The zero-order chi connectivity index (χ0) is 16.3. The highest BCUT2D eigenvalue weighted by atomic mass is 16.5. The number of amides is 1. The van der Waals surface area contributed by atoms with Crippen LogP contribution >= 0.6 is 0 Å². The predicted octanol–water partition coefficient (Wildman–Crippen LogP) is 1.58. The van der Waals surface area contributed by atoms with Crippen LogP contribution in [0.15, 0.2) is 36.4 Å². The molecule has 7 heteroatoms. The van der Waals surface area contributed by atoms with E-state index in [9.17, 15) is 25.2 Å². The molecule has 7 nitrogen and oxygen atoms in total. The lowest BCUT2D eigenvalue weighted by Crippen LogP contribution is -2.29. The predicted molar refractivity (Wildman–Crippen MR) is 76.8 cm³/mol. The lowest BCUT2D eigenvalue weighted by Gasteiger charge is -2.18. The van der Waals surface area contributed by atoms with E-state index >= 15 is 0 Å². The molecule has 0 saturated heterocycles. The molecule has 5 N–H and O–H groups in total. The maximum absolute atomic E-state index is 12.2. The molecule has 0 fully saturated rings. The van der Waals surface area contributed by atoms with Gasteiger partial charge in [0.2, 0.25) is 0 Å². The van der Waals surface area contributed by atoms with Gasteiger partial charge in [0.05, 0.1) is 0 Å². The van der Waals surface area contributed by atoms with Crippen molar-refractivity contribution in [2.24, 2.45) is 0 Å². The van der Waals surface area contributed by atoms with Gasteiger partial charge in [-0.05, 0) is 12.1 Å². The van der Waals surface area contributed by atoms with Gasteiger partial charge in [-0.1, -0.05) is 12.1 Å². The molecular weight excluding hydrogens is 290 g/mol. The number of rotatable bonds is 4. The zero-order valence-corrected chi connectivity index (χ0v) is 11.6. The highest BCUT2D eigenvalue weighted by Crippen LogP contribution is 2.32. The largest absolute Gasteiger partial charge is 0.508 e. The fraction of sp³-hybridized carbons (Fsp3) is 0.133. The Kier molecular flexibility index (Phi) is 4.38. The average Bonchev–Trinajstić information content (AvgIpc) is 2.44. The second-order valence-corrected chi connectivity index (χ2v) is 4.54. The van der Waals surface area contributed by atoms with Gasteiger partial charge in [0.15, 0.2) is 6.23 Å². The van der Waals surface area contributed by atoms with Gasteiger partial charge in [0.1, 0.15) is 28.6 Å². The summed E-state index contributed by atoms with van der Waals surface area (Å²) in [5.41, 5.74) is 0.185. The molecule has 0 aliphatic carbocycles. The SMILES string of the molecule is COC(NC(=O)c1c(O)cc(O)cc1O)c1ccc(O)cc1. The Morgan fingerprint density at radius 2 is 1.55 bits per heavy atom. The van der Waals surface area contributed by atoms with E-state index in [2.05, 4.69) is 5.32 Å². The quantitative estimate of drug-likeness (QED) is 0.547. The molecule has 2 aromatic carbocycles. The Hall–Kier alpha value is -2.93. The van der Waals surface area contributed by atoms with Gasteiger partial charge in [0, 0.05) is 24.8 Å². The Balaban J connectivity index is 2.25. The van der Waals surface area contributed by atoms with Crippen molar-refractivity contribution in [3.63, 3.8) is 0 Å². The monoisotopic (exact) mass is 305 g/mol. The molecule has 0 bridgehead atoms. The zero-order valence-electron chi connectivity index (χ0n) is 11.6. The van der Waals surface area contributed by atoms with Crippen molar-refractivity contribution >= 4 is 5.91 Å². The van der Waals surface area contributed by atoms with E-state index in [0.29, 0.717) is 5.56 Å². The van der Waals surface area contributed by atoms with Gasteiger partial charge in [-0.25, -0.2) is 0 Å². The molecular formula is C15H15NO6. The number of hydrogen-bond acceptors (Lipinski definition) is 6. The highest BCUT2D eigenvalue weighted by molar-refractivity contribution is 5.99. The summed E-state index contributed by atoms with van der Waals surface area (Å²) in [6.07, 6.45) is -0.847. The van der Waals surface area contributed by atoms with Crippen molar-refractivity contribution in [2.45, 2.75) is 6.23 Å². The molecule has 0 aliphatic heterocycles. The van der Waals surface area contributed by atoms with E-state index in [1.54, 1.807) is 12.1 Å². The standard InChI is InChI=1S/C15H15NO6/c1-22-15(8-2-4-9(17)5-3-8)16-14(21)13-11(19)6-10(18)7-12(13)20/h2-7,15,17-20H,1H3,(H,16,21). The number of aromatic hydroxyl groups is 4. The first-order chi connectivity index (χ1) is 10.4. The molecule has 2 aromatic rings. The first kappa shape index (κ1) is 15.5. The minimum Gasteiger partial charge on any atom is -0.508 e. The van der Waals surface area contributed by atoms with Crippen LogP contribution in [0.3, 0.4) is 0 Å². The third-order valence-electron chi connectivity index (χ3n) is 3.00. The van der Waals surface area contributed by atoms with Gasteiger partial charge >= 0.3 is 0 Å². The second kappa shape index (κ2) is 6.23. The fourth-order valence-electron chi connectivity index (χ4n) is 1.95. The van der Waals surface area contributed by atoms with Crippen molar-refractivity contribution in [1.82, 2.24) is 5.32 Å². The molecule has 0 aromatic heterocycles. The van der Waals surface area contributed by atoms with Gasteiger partial charge in [-0.15, -0.1) is 0 Å². The van der Waals surface area contributed by atoms with Crippen LogP contribution in [0.2, 0.25) is 0 Å². The van der Waals surface area contributed by atoms with Crippen molar-refractivity contribution in [1.29, 1.82) is 0 Å². The summed E-state index contributed by atoms with van der Waals surface area (Å²) in [7, 11) is 1.37. The van der Waals surface area contributed by atoms with Crippen LogP contribution in [-0.4, -0.2) is 33.4 Å². The lowest BCUT2D eigenvalue weighted by atomic mass is 10.1. The minimum atomic E-state index is -0.847. The molecule has 0 saturated carbocycles. The van der Waals surface area contributed by atoms with Gasteiger partial charge in [0.25, 0.3) is 5.91 Å². The maximum atomic E-state index is 12.2. The number of ether oxygens (including phenoxy) is 1. The van der Waals surface area contributed by atoms with E-state index in [1.165, 1.54) is 19.2 Å². The molecule has 0 radical (unpaired) electrons. The molecule has 2 rings (SSSR count). The number of hydrogen-bond donors (Lipinski definition) is 5. The van der Waals surface area contributed by atoms with E-state index in [4.69, 9.17) is 4.74 Å². The molecule has 1 unspecified atom stereocenters. The molecule has 1 amide bonds. The van der Waals surface area contributed by atoms with Crippen LogP contribution < -0.4 is 5.32 Å². The van der Waals surface area contributed by atoms with Crippen LogP contribution in [0.1, 0.15) is 22.1 Å². The summed E-state index contributed by atoms with van der Waals surface area (Å²) in [6.45, 7) is 0. The van der Waals surface area contributed by atoms with Crippen molar-refractivity contribution in [3.8, 4) is 23.0 Å². The Bertz CT molecular complexity index is 660. The summed E-state index contributed by atoms with van der Waals surface area (Å²) < 4.78 is 5.15. The van der Waals surface area contributed by atoms with Crippen LogP contribution in [0.25, 0.3) is 0 Å². The molecule has 0 aliphatic rings. The third-order valence-corrected chi connectivity index (χ3v) is 3.00. The summed E-state index contributed by atoms with van der Waals surface area (Å²) in [4.78, 5) is 12.2. The summed E-state index contributed by atoms with van der Waals surface area (Å²) >= 11 is 0. The second-order valence-electron chi connectivity index (χ2n) is 4.54. The topological polar surface area (TPSA) is 119 Å². The third kappa shape index (κ3) is 3.21. The minimum absolute atomic E-state index is 0.0683. The first-order valence-corrected chi connectivity index (χ1v) is 6.30. The lowest BCUT2D eigenvalue weighted by molar-refractivity contribution is 0.0571. The number of phenolic OH excluding ortho intramolecular Hbond substituents is 4. The smallest absolute Gasteiger partial charge is 0.261 e. The van der Waals surface area contributed by atoms with E-state index in [-0.39, 0.29) is 17.1 Å². The normalized spacial score (nSPS) is 11.9. The van der Waals surface area contributed by atoms with Crippen LogP contribution in [0.5, 0.6) is 23.0 Å². The molecule has 0 spiro atoms. The number of carbonyl (C=O) groups excluding carboxylic acids is 1. The van der Waals surface area contributed by atoms with Crippen molar-refractivity contribution in [3.05, 3.63) is 47.5 Å². The van der Waals surface area contributed by atoms with Crippen molar-refractivity contribution < 1.29 is 30.0 Å². The van der Waals surface area contributed by atoms with Crippen LogP contribution in [0, 0.1) is 0 Å². The number of methoxy groups -OCH3 is 1. The Morgan fingerprint density at radius 1 is 1.00 bits per heavy atom. The van der Waals surface area contributed by atoms with Crippen molar-refractivity contribution in [2.75, 3.05) is 7.11 Å². The van der Waals surface area contributed by atoms with Gasteiger partial charge in [-0.2, -0.15) is 0 Å². The number of phenols is 4. The summed E-state index contributed by atoms with van der Waals surface area (Å²) in [6, 6.07) is 7.86. The first-order valence-electron chi connectivity index (χ1n) is 6.30. The van der Waals surface area contributed by atoms with Gasteiger partial charge in [-0.3, -0.25) is 4.79 Å². The number of carbonyl (C=O) groups is 1.